The fourth-order valence-electron chi connectivity index (χ4n) is 1.24. The molecule has 5 heteroatoms. The Hall–Kier alpha value is -1.58. The van der Waals surface area contributed by atoms with E-state index in [0.717, 1.165) is 0 Å². The highest BCUT2D eigenvalue weighted by atomic mass is 35.5. The Morgan fingerprint density at radius 1 is 1.18 bits per heavy atom. The topological polar surface area (TPSA) is 39.2 Å². The Morgan fingerprint density at radius 2 is 1.88 bits per heavy atom. The summed E-state index contributed by atoms with van der Waals surface area (Å²) in [6.45, 7) is 0. The van der Waals surface area contributed by atoms with Crippen LogP contribution in [0.4, 0.5) is 0 Å². The van der Waals surface area contributed by atoms with Gasteiger partial charge in [-0.2, -0.15) is 0 Å². The molecule has 1 aromatic carbocycles. The van der Waals surface area contributed by atoms with Gasteiger partial charge in [0.25, 0.3) is 0 Å². The fraction of sp³-hybridized carbons (Fsp3) is 0. The first-order valence-corrected chi connectivity index (χ1v) is 5.49. The van der Waals surface area contributed by atoms with Gasteiger partial charge < -0.3 is 4.74 Å². The molecular weight excluding hydrogens is 261 g/mol. The van der Waals surface area contributed by atoms with E-state index in [1.807, 2.05) is 0 Å². The van der Waals surface area contributed by atoms with E-state index in [-0.39, 0.29) is 5.88 Å². The zero-order valence-corrected chi connectivity index (χ0v) is 10.1. The summed E-state index contributed by atoms with van der Waals surface area (Å²) in [5, 5.41) is 0.770. The monoisotopic (exact) mass is 267 g/mol. The number of ether oxygens (including phenoxy) is 1. The number of nitrogens with zero attached hydrogens (tertiary/aromatic N) is 1. The lowest BCUT2D eigenvalue weighted by molar-refractivity contribution is 0.112. The van der Waals surface area contributed by atoms with Gasteiger partial charge in [0, 0.05) is 17.8 Å². The molecule has 0 radical (unpaired) electrons. The second kappa shape index (κ2) is 5.17. The third kappa shape index (κ3) is 2.75. The maximum Gasteiger partial charge on any atom is 0.220 e. The van der Waals surface area contributed by atoms with Crippen LogP contribution < -0.4 is 4.74 Å². The number of halogens is 2. The molecule has 0 fully saturated rings. The number of benzene rings is 1. The Labute approximate surface area is 108 Å². The van der Waals surface area contributed by atoms with Crippen molar-refractivity contribution in [3.05, 3.63) is 52.1 Å². The molecule has 1 heterocycles. The van der Waals surface area contributed by atoms with Crippen LogP contribution in [-0.4, -0.2) is 11.3 Å². The normalized spacial score (nSPS) is 10.0. The van der Waals surface area contributed by atoms with Gasteiger partial charge in [-0.1, -0.05) is 29.3 Å². The Kier molecular flexibility index (Phi) is 3.61. The van der Waals surface area contributed by atoms with Crippen LogP contribution >= 0.6 is 23.2 Å². The smallest absolute Gasteiger partial charge is 0.220 e. The molecule has 2 aromatic rings. The van der Waals surface area contributed by atoms with E-state index in [0.29, 0.717) is 27.6 Å². The number of carbonyl (C=O) groups is 1. The summed E-state index contributed by atoms with van der Waals surface area (Å²) in [6.07, 6.45) is 2.19. The van der Waals surface area contributed by atoms with E-state index >= 15 is 0 Å². The van der Waals surface area contributed by atoms with Crippen molar-refractivity contribution in [2.75, 3.05) is 0 Å². The minimum Gasteiger partial charge on any atom is -0.436 e. The number of para-hydroxylation sites is 1. The molecule has 0 saturated heterocycles. The predicted octanol–water partition coefficient (Wildman–Crippen LogP) is 3.99. The average Bonchev–Trinajstić information content (AvgIpc) is 2.34. The highest BCUT2D eigenvalue weighted by Gasteiger charge is 2.08. The van der Waals surface area contributed by atoms with Crippen molar-refractivity contribution in [2.45, 2.75) is 0 Å². The van der Waals surface area contributed by atoms with Crippen molar-refractivity contribution in [1.82, 2.24) is 4.98 Å². The van der Waals surface area contributed by atoms with Crippen molar-refractivity contribution in [1.29, 1.82) is 0 Å². The summed E-state index contributed by atoms with van der Waals surface area (Å²) in [5.74, 6) is 0.594. The molecule has 3 nitrogen and oxygen atoms in total. The first-order chi connectivity index (χ1) is 8.20. The molecule has 0 aliphatic rings. The number of hydrogen-bond donors (Lipinski definition) is 0. The van der Waals surface area contributed by atoms with E-state index in [2.05, 4.69) is 4.98 Å². The van der Waals surface area contributed by atoms with Crippen molar-refractivity contribution in [3.63, 3.8) is 0 Å². The highest BCUT2D eigenvalue weighted by molar-refractivity contribution is 6.37. The van der Waals surface area contributed by atoms with Crippen molar-refractivity contribution >= 4 is 29.5 Å². The lowest BCUT2D eigenvalue weighted by Crippen LogP contribution is -1.91. The summed E-state index contributed by atoms with van der Waals surface area (Å²) in [5.41, 5.74) is 0.471. The first kappa shape index (κ1) is 11.9. The molecule has 0 amide bonds. The maximum atomic E-state index is 10.6. The molecule has 17 heavy (non-hydrogen) atoms. The van der Waals surface area contributed by atoms with Crippen LogP contribution in [0.1, 0.15) is 10.4 Å². The minimum atomic E-state index is 0.268. The summed E-state index contributed by atoms with van der Waals surface area (Å²) in [6, 6.07) is 8.12. The van der Waals surface area contributed by atoms with Crippen LogP contribution in [0.25, 0.3) is 0 Å². The molecular formula is C12H7Cl2NO2. The number of aromatic nitrogens is 1. The van der Waals surface area contributed by atoms with Crippen LogP contribution in [0.3, 0.4) is 0 Å². The lowest BCUT2D eigenvalue weighted by atomic mass is 10.3. The zero-order chi connectivity index (χ0) is 12.3. The van der Waals surface area contributed by atoms with Gasteiger partial charge >= 0.3 is 0 Å². The maximum absolute atomic E-state index is 10.6. The van der Waals surface area contributed by atoms with Crippen LogP contribution in [-0.2, 0) is 0 Å². The van der Waals surface area contributed by atoms with Crippen LogP contribution in [0.5, 0.6) is 11.6 Å². The second-order valence-electron chi connectivity index (χ2n) is 3.20. The number of aldehydes is 1. The Balaban J connectivity index is 2.34. The molecule has 0 spiro atoms. The quantitative estimate of drug-likeness (QED) is 0.790. The van der Waals surface area contributed by atoms with Gasteiger partial charge in [-0.05, 0) is 18.2 Å². The molecule has 0 aliphatic carbocycles. The zero-order valence-electron chi connectivity index (χ0n) is 8.56. The van der Waals surface area contributed by atoms with Gasteiger partial charge in [0.1, 0.15) is 6.29 Å². The molecule has 0 bridgehead atoms. The van der Waals surface area contributed by atoms with Crippen molar-refractivity contribution in [2.24, 2.45) is 0 Å². The molecule has 86 valence electrons. The lowest BCUT2D eigenvalue weighted by Gasteiger charge is -2.08. The van der Waals surface area contributed by atoms with Gasteiger partial charge in [0.2, 0.25) is 5.88 Å². The molecule has 2 rings (SSSR count). The Morgan fingerprint density at radius 3 is 2.53 bits per heavy atom. The number of hydrogen-bond acceptors (Lipinski definition) is 3. The van der Waals surface area contributed by atoms with E-state index < -0.39 is 0 Å². The van der Waals surface area contributed by atoms with Gasteiger partial charge in [-0.15, -0.1) is 0 Å². The number of pyridine rings is 1. The Bertz CT molecular complexity index is 538. The molecule has 0 unspecified atom stereocenters. The van der Waals surface area contributed by atoms with E-state index in [1.54, 1.807) is 24.3 Å². The molecule has 0 atom stereocenters. The minimum absolute atomic E-state index is 0.268. The van der Waals surface area contributed by atoms with Crippen molar-refractivity contribution < 1.29 is 9.53 Å². The summed E-state index contributed by atoms with van der Waals surface area (Å²) in [4.78, 5) is 14.6. The molecule has 0 N–H and O–H groups in total. The summed E-state index contributed by atoms with van der Waals surface area (Å²) in [7, 11) is 0. The van der Waals surface area contributed by atoms with Gasteiger partial charge in [-0.3, -0.25) is 4.79 Å². The van der Waals surface area contributed by atoms with Crippen LogP contribution in [0.15, 0.2) is 36.5 Å². The first-order valence-electron chi connectivity index (χ1n) is 4.74. The van der Waals surface area contributed by atoms with Crippen LogP contribution in [0, 0.1) is 0 Å². The number of carbonyl (C=O) groups excluding carboxylic acids is 1. The van der Waals surface area contributed by atoms with E-state index in [4.69, 9.17) is 27.9 Å². The number of rotatable bonds is 3. The van der Waals surface area contributed by atoms with E-state index in [9.17, 15) is 4.79 Å². The van der Waals surface area contributed by atoms with Gasteiger partial charge in [0.15, 0.2) is 5.75 Å². The van der Waals surface area contributed by atoms with Crippen molar-refractivity contribution in [3.8, 4) is 11.6 Å². The largest absolute Gasteiger partial charge is 0.436 e. The predicted molar refractivity (Wildman–Crippen MR) is 66.2 cm³/mol. The third-order valence-electron chi connectivity index (χ3n) is 2.02. The van der Waals surface area contributed by atoms with E-state index in [1.165, 1.54) is 12.3 Å². The van der Waals surface area contributed by atoms with Gasteiger partial charge in [-0.25, -0.2) is 4.98 Å². The summed E-state index contributed by atoms with van der Waals surface area (Å²) >= 11 is 11.9. The molecule has 0 saturated carbocycles. The van der Waals surface area contributed by atoms with Crippen LogP contribution in [0.2, 0.25) is 10.0 Å². The standard InChI is InChI=1S/C12H7Cl2NO2/c13-9-2-1-3-10(14)12(9)17-11-6-8(7-16)4-5-15-11/h1-7H. The highest BCUT2D eigenvalue weighted by Crippen LogP contribution is 2.35. The van der Waals surface area contributed by atoms with Gasteiger partial charge in [0.05, 0.1) is 10.0 Å². The molecule has 1 aromatic heterocycles. The SMILES string of the molecule is O=Cc1ccnc(Oc2c(Cl)cccc2Cl)c1. The average molecular weight is 268 g/mol. The third-order valence-corrected chi connectivity index (χ3v) is 2.62. The second-order valence-corrected chi connectivity index (χ2v) is 4.01. The summed E-state index contributed by atoms with van der Waals surface area (Å²) < 4.78 is 5.45. The fourth-order valence-corrected chi connectivity index (χ4v) is 1.71. The molecule has 0 aliphatic heterocycles.